The Kier molecular flexibility index (Phi) is 3.62. The molecule has 92 valence electrons. The van der Waals surface area contributed by atoms with Crippen LogP contribution in [0.4, 0.5) is 0 Å². The standard InChI is InChI=1S/C13H10BrNO3/c1-8-6-10(4-5-15-8)18-12-7-9(14)2-3-11(12)13(16)17/h2-7H,1H3,(H,16,17). The quantitative estimate of drug-likeness (QED) is 0.940. The van der Waals surface area contributed by atoms with E-state index in [4.69, 9.17) is 9.84 Å². The molecule has 1 aromatic carbocycles. The second-order valence-electron chi connectivity index (χ2n) is 3.68. The Morgan fingerprint density at radius 1 is 1.33 bits per heavy atom. The molecule has 4 nitrogen and oxygen atoms in total. The minimum absolute atomic E-state index is 0.118. The van der Waals surface area contributed by atoms with Crippen molar-refractivity contribution in [2.75, 3.05) is 0 Å². The fourth-order valence-electron chi connectivity index (χ4n) is 1.47. The van der Waals surface area contributed by atoms with Crippen molar-refractivity contribution in [2.24, 2.45) is 0 Å². The SMILES string of the molecule is Cc1cc(Oc2cc(Br)ccc2C(=O)O)ccn1. The molecule has 2 aromatic rings. The second kappa shape index (κ2) is 5.18. The van der Waals surface area contributed by atoms with Gasteiger partial charge in [-0.1, -0.05) is 15.9 Å². The Morgan fingerprint density at radius 2 is 2.11 bits per heavy atom. The zero-order chi connectivity index (χ0) is 13.1. The molecule has 0 fully saturated rings. The monoisotopic (exact) mass is 307 g/mol. The first-order chi connectivity index (χ1) is 8.56. The van der Waals surface area contributed by atoms with Gasteiger partial charge >= 0.3 is 5.97 Å². The predicted octanol–water partition coefficient (Wildman–Crippen LogP) is 3.64. The van der Waals surface area contributed by atoms with Crippen molar-refractivity contribution < 1.29 is 14.6 Å². The Bertz CT molecular complexity index is 599. The highest BCUT2D eigenvalue weighted by atomic mass is 79.9. The fraction of sp³-hybridized carbons (Fsp3) is 0.0769. The number of hydrogen-bond donors (Lipinski definition) is 1. The first kappa shape index (κ1) is 12.6. The van der Waals surface area contributed by atoms with Gasteiger partial charge in [0.15, 0.2) is 0 Å². The maximum Gasteiger partial charge on any atom is 0.339 e. The van der Waals surface area contributed by atoms with Crippen LogP contribution in [0.3, 0.4) is 0 Å². The van der Waals surface area contributed by atoms with Crippen LogP contribution in [0, 0.1) is 6.92 Å². The zero-order valence-corrected chi connectivity index (χ0v) is 11.1. The van der Waals surface area contributed by atoms with E-state index in [1.165, 1.54) is 6.07 Å². The van der Waals surface area contributed by atoms with Crippen LogP contribution < -0.4 is 4.74 Å². The average molecular weight is 308 g/mol. The molecule has 0 atom stereocenters. The summed E-state index contributed by atoms with van der Waals surface area (Å²) < 4.78 is 6.34. The van der Waals surface area contributed by atoms with Crippen molar-refractivity contribution in [3.05, 3.63) is 52.3 Å². The van der Waals surface area contributed by atoms with E-state index in [9.17, 15) is 4.79 Å². The van der Waals surface area contributed by atoms with Crippen molar-refractivity contribution in [1.29, 1.82) is 0 Å². The number of halogens is 1. The smallest absolute Gasteiger partial charge is 0.339 e. The van der Waals surface area contributed by atoms with Gasteiger partial charge in [-0.15, -0.1) is 0 Å². The lowest BCUT2D eigenvalue weighted by atomic mass is 10.2. The zero-order valence-electron chi connectivity index (χ0n) is 9.55. The van der Waals surface area contributed by atoms with Gasteiger partial charge in [0.05, 0.1) is 0 Å². The van der Waals surface area contributed by atoms with E-state index in [0.717, 1.165) is 10.2 Å². The van der Waals surface area contributed by atoms with Crippen molar-refractivity contribution >= 4 is 21.9 Å². The minimum atomic E-state index is -1.02. The van der Waals surface area contributed by atoms with Crippen LogP contribution in [-0.4, -0.2) is 16.1 Å². The van der Waals surface area contributed by atoms with Gasteiger partial charge in [-0.2, -0.15) is 0 Å². The molecule has 0 spiro atoms. The second-order valence-corrected chi connectivity index (χ2v) is 4.60. The number of carboxylic acids is 1. The molecule has 18 heavy (non-hydrogen) atoms. The lowest BCUT2D eigenvalue weighted by Gasteiger charge is -2.09. The van der Waals surface area contributed by atoms with Crippen molar-refractivity contribution in [3.8, 4) is 11.5 Å². The summed E-state index contributed by atoms with van der Waals surface area (Å²) in [6, 6.07) is 8.20. The highest BCUT2D eigenvalue weighted by Crippen LogP contribution is 2.28. The molecule has 0 saturated heterocycles. The summed E-state index contributed by atoms with van der Waals surface area (Å²) in [7, 11) is 0. The number of benzene rings is 1. The van der Waals surface area contributed by atoms with Gasteiger partial charge in [-0.3, -0.25) is 4.98 Å². The number of ether oxygens (including phenoxy) is 1. The Morgan fingerprint density at radius 3 is 2.78 bits per heavy atom. The Hall–Kier alpha value is -1.88. The normalized spacial score (nSPS) is 10.1. The number of carboxylic acid groups (broad SMARTS) is 1. The Labute approximate surface area is 112 Å². The van der Waals surface area contributed by atoms with E-state index in [2.05, 4.69) is 20.9 Å². The van der Waals surface area contributed by atoms with E-state index in [0.29, 0.717) is 11.5 Å². The van der Waals surface area contributed by atoms with Crippen molar-refractivity contribution in [2.45, 2.75) is 6.92 Å². The minimum Gasteiger partial charge on any atom is -0.478 e. The highest BCUT2D eigenvalue weighted by Gasteiger charge is 2.12. The maximum absolute atomic E-state index is 11.1. The summed E-state index contributed by atoms with van der Waals surface area (Å²) in [6.45, 7) is 1.84. The Balaban J connectivity index is 2.39. The van der Waals surface area contributed by atoms with Crippen LogP contribution in [0.15, 0.2) is 41.0 Å². The van der Waals surface area contributed by atoms with E-state index in [1.54, 1.807) is 30.5 Å². The summed E-state index contributed by atoms with van der Waals surface area (Å²) >= 11 is 3.29. The van der Waals surface area contributed by atoms with Gasteiger partial charge in [-0.05, 0) is 31.2 Å². The summed E-state index contributed by atoms with van der Waals surface area (Å²) in [4.78, 5) is 15.1. The average Bonchev–Trinajstić information content (AvgIpc) is 2.28. The maximum atomic E-state index is 11.1. The van der Waals surface area contributed by atoms with E-state index >= 15 is 0 Å². The van der Waals surface area contributed by atoms with Crippen LogP contribution in [0.5, 0.6) is 11.5 Å². The molecule has 1 N–H and O–H groups in total. The van der Waals surface area contributed by atoms with Crippen LogP contribution in [0.25, 0.3) is 0 Å². The number of aryl methyl sites for hydroxylation is 1. The van der Waals surface area contributed by atoms with Crippen LogP contribution >= 0.6 is 15.9 Å². The summed E-state index contributed by atoms with van der Waals surface area (Å²) in [5.74, 6) is -0.172. The third-order valence-electron chi connectivity index (χ3n) is 2.27. The molecule has 0 radical (unpaired) electrons. The highest BCUT2D eigenvalue weighted by molar-refractivity contribution is 9.10. The number of carbonyl (C=O) groups is 1. The van der Waals surface area contributed by atoms with Crippen LogP contribution in [0.1, 0.15) is 16.1 Å². The third-order valence-corrected chi connectivity index (χ3v) is 2.76. The molecule has 0 unspecified atom stereocenters. The van der Waals surface area contributed by atoms with Crippen LogP contribution in [0.2, 0.25) is 0 Å². The molecular formula is C13H10BrNO3. The number of nitrogens with zero attached hydrogens (tertiary/aromatic N) is 1. The summed E-state index contributed by atoms with van der Waals surface area (Å²) in [5.41, 5.74) is 0.923. The predicted molar refractivity (Wildman–Crippen MR) is 70.1 cm³/mol. The molecule has 0 aliphatic heterocycles. The van der Waals surface area contributed by atoms with Gasteiger partial charge < -0.3 is 9.84 Å². The first-order valence-electron chi connectivity index (χ1n) is 5.19. The lowest BCUT2D eigenvalue weighted by Crippen LogP contribution is -2.00. The van der Waals surface area contributed by atoms with Gasteiger partial charge in [0.25, 0.3) is 0 Å². The van der Waals surface area contributed by atoms with Gasteiger partial charge in [0.1, 0.15) is 17.1 Å². The van der Waals surface area contributed by atoms with E-state index < -0.39 is 5.97 Å². The fourth-order valence-corrected chi connectivity index (χ4v) is 1.81. The molecule has 0 saturated carbocycles. The topological polar surface area (TPSA) is 59.4 Å². The van der Waals surface area contributed by atoms with Gasteiger partial charge in [0.2, 0.25) is 0 Å². The number of hydrogen-bond acceptors (Lipinski definition) is 3. The van der Waals surface area contributed by atoms with E-state index in [1.807, 2.05) is 6.92 Å². The molecule has 5 heteroatoms. The third kappa shape index (κ3) is 2.87. The summed E-state index contributed by atoms with van der Waals surface area (Å²) in [5, 5.41) is 9.08. The molecular weight excluding hydrogens is 298 g/mol. The van der Waals surface area contributed by atoms with Crippen molar-refractivity contribution in [3.63, 3.8) is 0 Å². The number of rotatable bonds is 3. The number of aromatic carboxylic acids is 1. The molecule has 2 rings (SSSR count). The summed E-state index contributed by atoms with van der Waals surface area (Å²) in [6.07, 6.45) is 1.61. The molecule has 0 aliphatic rings. The molecule has 0 amide bonds. The largest absolute Gasteiger partial charge is 0.478 e. The molecule has 1 aromatic heterocycles. The molecule has 0 bridgehead atoms. The van der Waals surface area contributed by atoms with Gasteiger partial charge in [-0.25, -0.2) is 4.79 Å². The van der Waals surface area contributed by atoms with Crippen LogP contribution in [-0.2, 0) is 0 Å². The molecule has 0 aliphatic carbocycles. The number of pyridine rings is 1. The van der Waals surface area contributed by atoms with Crippen molar-refractivity contribution in [1.82, 2.24) is 4.98 Å². The number of aromatic nitrogens is 1. The first-order valence-corrected chi connectivity index (χ1v) is 5.99. The van der Waals surface area contributed by atoms with Gasteiger partial charge in [0, 0.05) is 22.4 Å². The lowest BCUT2D eigenvalue weighted by molar-refractivity contribution is 0.0694. The molecule has 1 heterocycles. The van der Waals surface area contributed by atoms with E-state index in [-0.39, 0.29) is 5.56 Å².